The molecule has 118 valence electrons. The lowest BCUT2D eigenvalue weighted by Crippen LogP contribution is -2.11. The van der Waals surface area contributed by atoms with E-state index in [1.807, 2.05) is 0 Å². The first kappa shape index (κ1) is 14.8. The fraction of sp³-hybridized carbons (Fsp3) is 0.391. The Morgan fingerprint density at radius 2 is 1.70 bits per heavy atom. The summed E-state index contributed by atoms with van der Waals surface area (Å²) in [5.41, 5.74) is 9.24. The Morgan fingerprint density at radius 3 is 2.43 bits per heavy atom. The van der Waals surface area contributed by atoms with E-state index in [9.17, 15) is 0 Å². The van der Waals surface area contributed by atoms with E-state index >= 15 is 0 Å². The fourth-order valence-electron chi connectivity index (χ4n) is 4.49. The second kappa shape index (κ2) is 5.67. The molecule has 1 fully saturated rings. The molecular weight excluding hydrogens is 276 g/mol. The Morgan fingerprint density at radius 1 is 0.957 bits per heavy atom. The molecular formula is C23H26. The molecule has 0 heteroatoms. The normalized spacial score (nSPS) is 18.8. The molecule has 0 atom stereocenters. The van der Waals surface area contributed by atoms with Gasteiger partial charge in [0.15, 0.2) is 0 Å². The van der Waals surface area contributed by atoms with Gasteiger partial charge in [-0.25, -0.2) is 0 Å². The number of aryl methyl sites for hydroxylation is 1. The first-order valence-corrected chi connectivity index (χ1v) is 9.01. The van der Waals surface area contributed by atoms with Crippen LogP contribution < -0.4 is 0 Å². The highest BCUT2D eigenvalue weighted by Gasteiger charge is 2.30. The van der Waals surface area contributed by atoms with E-state index in [4.69, 9.17) is 0 Å². The molecule has 1 saturated carbocycles. The summed E-state index contributed by atoms with van der Waals surface area (Å²) < 4.78 is 0. The number of benzene rings is 2. The molecule has 0 N–H and O–H groups in total. The summed E-state index contributed by atoms with van der Waals surface area (Å²) in [5.74, 6) is 0. The first-order valence-electron chi connectivity index (χ1n) is 9.01. The van der Waals surface area contributed by atoms with Gasteiger partial charge in [0.1, 0.15) is 0 Å². The van der Waals surface area contributed by atoms with Gasteiger partial charge in [0.05, 0.1) is 0 Å². The van der Waals surface area contributed by atoms with Gasteiger partial charge in [0, 0.05) is 0 Å². The minimum atomic E-state index is 0.553. The molecule has 23 heavy (non-hydrogen) atoms. The number of hydrogen-bond donors (Lipinski definition) is 0. The molecule has 2 aliphatic rings. The van der Waals surface area contributed by atoms with Crippen molar-refractivity contribution < 1.29 is 0 Å². The predicted octanol–water partition coefficient (Wildman–Crippen LogP) is 6.57. The van der Waals surface area contributed by atoms with Gasteiger partial charge in [-0.05, 0) is 60.3 Å². The SMILES string of the molecule is Cc1ccc(-c2cccc3c2C=C(CC2(C)CCCC2)C3)cc1. The molecule has 0 aromatic heterocycles. The predicted molar refractivity (Wildman–Crippen MR) is 99.5 cm³/mol. The van der Waals surface area contributed by atoms with Crippen molar-refractivity contribution in [2.45, 2.75) is 52.4 Å². The van der Waals surface area contributed by atoms with Gasteiger partial charge in [-0.3, -0.25) is 0 Å². The molecule has 2 aliphatic carbocycles. The molecule has 0 aliphatic heterocycles. The minimum Gasteiger partial charge on any atom is -0.0646 e. The Kier molecular flexibility index (Phi) is 3.64. The van der Waals surface area contributed by atoms with E-state index in [0.29, 0.717) is 5.41 Å². The molecule has 0 amide bonds. The highest BCUT2D eigenvalue weighted by atomic mass is 14.4. The van der Waals surface area contributed by atoms with Crippen LogP contribution in [0.3, 0.4) is 0 Å². The van der Waals surface area contributed by atoms with Crippen LogP contribution >= 0.6 is 0 Å². The third-order valence-corrected chi connectivity index (χ3v) is 5.79. The Labute approximate surface area is 140 Å². The minimum absolute atomic E-state index is 0.553. The van der Waals surface area contributed by atoms with E-state index in [-0.39, 0.29) is 0 Å². The van der Waals surface area contributed by atoms with Crippen LogP contribution in [0, 0.1) is 12.3 Å². The van der Waals surface area contributed by atoms with Crippen molar-refractivity contribution in [3.63, 3.8) is 0 Å². The molecule has 0 bridgehead atoms. The van der Waals surface area contributed by atoms with Gasteiger partial charge in [0.2, 0.25) is 0 Å². The third-order valence-electron chi connectivity index (χ3n) is 5.79. The van der Waals surface area contributed by atoms with E-state index in [1.165, 1.54) is 59.9 Å². The molecule has 0 heterocycles. The smallest absolute Gasteiger partial charge is 0.00574 e. The average molecular weight is 302 g/mol. The fourth-order valence-corrected chi connectivity index (χ4v) is 4.49. The van der Waals surface area contributed by atoms with Gasteiger partial charge >= 0.3 is 0 Å². The lowest BCUT2D eigenvalue weighted by atomic mass is 9.81. The van der Waals surface area contributed by atoms with Crippen molar-refractivity contribution in [1.29, 1.82) is 0 Å². The van der Waals surface area contributed by atoms with Gasteiger partial charge in [-0.1, -0.05) is 79.4 Å². The van der Waals surface area contributed by atoms with Crippen LogP contribution in [-0.4, -0.2) is 0 Å². The summed E-state index contributed by atoms with van der Waals surface area (Å²) in [7, 11) is 0. The second-order valence-corrected chi connectivity index (χ2v) is 7.92. The van der Waals surface area contributed by atoms with Crippen LogP contribution in [0.4, 0.5) is 0 Å². The summed E-state index contributed by atoms with van der Waals surface area (Å²) in [4.78, 5) is 0. The van der Waals surface area contributed by atoms with E-state index in [0.717, 1.165) is 6.42 Å². The van der Waals surface area contributed by atoms with Gasteiger partial charge in [-0.15, -0.1) is 0 Å². The van der Waals surface area contributed by atoms with Crippen LogP contribution in [0.15, 0.2) is 48.0 Å². The summed E-state index contributed by atoms with van der Waals surface area (Å²) >= 11 is 0. The molecule has 2 aromatic carbocycles. The quantitative estimate of drug-likeness (QED) is 0.601. The Bertz CT molecular complexity index is 740. The summed E-state index contributed by atoms with van der Waals surface area (Å²) in [5, 5.41) is 0. The Hall–Kier alpha value is -1.82. The maximum atomic E-state index is 2.49. The van der Waals surface area contributed by atoms with E-state index in [2.05, 4.69) is 62.4 Å². The second-order valence-electron chi connectivity index (χ2n) is 7.92. The molecule has 0 saturated heterocycles. The molecule has 4 rings (SSSR count). The monoisotopic (exact) mass is 302 g/mol. The van der Waals surface area contributed by atoms with E-state index < -0.39 is 0 Å². The molecule has 0 radical (unpaired) electrons. The van der Waals surface area contributed by atoms with Crippen molar-refractivity contribution in [1.82, 2.24) is 0 Å². The lowest BCUT2D eigenvalue weighted by molar-refractivity contribution is 0.333. The van der Waals surface area contributed by atoms with Crippen molar-refractivity contribution in [3.05, 3.63) is 64.7 Å². The van der Waals surface area contributed by atoms with Crippen LogP contribution in [0.5, 0.6) is 0 Å². The van der Waals surface area contributed by atoms with Gasteiger partial charge in [0.25, 0.3) is 0 Å². The summed E-state index contributed by atoms with van der Waals surface area (Å²) in [6, 6.07) is 15.8. The summed E-state index contributed by atoms with van der Waals surface area (Å²) in [6.07, 6.45) is 10.6. The molecule has 0 unspecified atom stereocenters. The van der Waals surface area contributed by atoms with Crippen LogP contribution in [0.25, 0.3) is 17.2 Å². The number of rotatable bonds is 3. The number of hydrogen-bond acceptors (Lipinski definition) is 0. The third kappa shape index (κ3) is 2.87. The Balaban J connectivity index is 1.66. The van der Waals surface area contributed by atoms with Crippen molar-refractivity contribution >= 4 is 6.08 Å². The molecule has 0 spiro atoms. The topological polar surface area (TPSA) is 0 Å². The zero-order valence-electron chi connectivity index (χ0n) is 14.4. The zero-order chi connectivity index (χ0) is 15.9. The standard InChI is InChI=1S/C23H26/c1-17-8-10-19(11-9-17)21-7-5-6-20-14-18(15-22(20)21)16-23(2)12-3-4-13-23/h5-11,15H,3-4,12-14,16H2,1-2H3. The highest BCUT2D eigenvalue weighted by Crippen LogP contribution is 2.45. The van der Waals surface area contributed by atoms with Gasteiger partial charge in [-0.2, -0.15) is 0 Å². The lowest BCUT2D eigenvalue weighted by Gasteiger charge is -2.24. The number of fused-ring (bicyclic) bond motifs is 1. The van der Waals surface area contributed by atoms with Crippen molar-refractivity contribution in [3.8, 4) is 11.1 Å². The summed E-state index contributed by atoms with van der Waals surface area (Å²) in [6.45, 7) is 4.64. The van der Waals surface area contributed by atoms with Crippen molar-refractivity contribution in [2.75, 3.05) is 0 Å². The maximum Gasteiger partial charge on any atom is -0.00574 e. The first-order chi connectivity index (χ1) is 11.1. The molecule has 0 nitrogen and oxygen atoms in total. The van der Waals surface area contributed by atoms with Crippen LogP contribution in [0.1, 0.15) is 55.7 Å². The molecule has 2 aromatic rings. The van der Waals surface area contributed by atoms with Crippen LogP contribution in [-0.2, 0) is 6.42 Å². The van der Waals surface area contributed by atoms with Crippen LogP contribution in [0.2, 0.25) is 0 Å². The van der Waals surface area contributed by atoms with Crippen molar-refractivity contribution in [2.24, 2.45) is 5.41 Å². The zero-order valence-corrected chi connectivity index (χ0v) is 14.4. The van der Waals surface area contributed by atoms with E-state index in [1.54, 1.807) is 5.57 Å². The number of allylic oxidation sites excluding steroid dienone is 1. The average Bonchev–Trinajstić information content (AvgIpc) is 3.13. The van der Waals surface area contributed by atoms with Gasteiger partial charge < -0.3 is 0 Å². The maximum absolute atomic E-state index is 2.49. The highest BCUT2D eigenvalue weighted by molar-refractivity contribution is 5.80. The largest absolute Gasteiger partial charge is 0.0646 e.